The average molecular weight is 494 g/mol. The van der Waals surface area contributed by atoms with Crippen molar-refractivity contribution in [2.45, 2.75) is 39.5 Å². The first kappa shape index (κ1) is 24.2. The molecule has 0 aliphatic rings. The zero-order chi connectivity index (χ0) is 25.2. The Labute approximate surface area is 206 Å². The van der Waals surface area contributed by atoms with Crippen LogP contribution in [0.15, 0.2) is 48.7 Å². The number of ether oxygens (including phenoxy) is 2. The van der Waals surface area contributed by atoms with Gasteiger partial charge in [-0.25, -0.2) is 14.2 Å². The fourth-order valence-corrected chi connectivity index (χ4v) is 4.09. The normalized spacial score (nSPS) is 11.3. The minimum absolute atomic E-state index is 0.148. The Kier molecular flexibility index (Phi) is 6.73. The molecule has 0 amide bonds. The summed E-state index contributed by atoms with van der Waals surface area (Å²) in [4.78, 5) is 8.64. The lowest BCUT2D eigenvalue weighted by atomic mass is 10.1. The van der Waals surface area contributed by atoms with Gasteiger partial charge in [-0.05, 0) is 38.5 Å². The van der Waals surface area contributed by atoms with Crippen molar-refractivity contribution in [1.82, 2.24) is 14.8 Å². The molecule has 0 saturated carbocycles. The maximum atomic E-state index is 14.1. The lowest BCUT2D eigenvalue weighted by Gasteiger charge is -2.17. The minimum atomic E-state index is -1.04. The molecule has 0 atom stereocenters. The number of nitrogen functional groups attached to an aromatic ring is 1. The largest absolute Gasteiger partial charge is 0.488 e. The van der Waals surface area contributed by atoms with E-state index in [0.29, 0.717) is 22.8 Å². The summed E-state index contributed by atoms with van der Waals surface area (Å²) in [6, 6.07) is 11.0. The van der Waals surface area contributed by atoms with Gasteiger partial charge in [0.2, 0.25) is 0 Å². The van der Waals surface area contributed by atoms with Crippen LogP contribution in [0.25, 0.3) is 16.1 Å². The minimum Gasteiger partial charge on any atom is -0.488 e. The number of aliphatic hydroxyl groups is 1. The van der Waals surface area contributed by atoms with E-state index in [9.17, 15) is 9.50 Å². The molecule has 35 heavy (non-hydrogen) atoms. The fourth-order valence-electron chi connectivity index (χ4n) is 3.38. The molecule has 8 nitrogen and oxygen atoms in total. The molecule has 0 radical (unpaired) electrons. The molecular formula is C25H24FN5O3S. The van der Waals surface area contributed by atoms with Gasteiger partial charge in [0, 0.05) is 24.4 Å². The zero-order valence-corrected chi connectivity index (χ0v) is 20.3. The Balaban J connectivity index is 1.51. The fraction of sp³-hybridized carbons (Fsp3) is 0.240. The van der Waals surface area contributed by atoms with Gasteiger partial charge in [0.15, 0.2) is 0 Å². The van der Waals surface area contributed by atoms with E-state index in [4.69, 9.17) is 21.8 Å². The highest BCUT2D eigenvalue weighted by molar-refractivity contribution is 7.11. The molecule has 0 aliphatic carbocycles. The van der Waals surface area contributed by atoms with Crippen molar-refractivity contribution >= 4 is 22.8 Å². The van der Waals surface area contributed by atoms with E-state index in [-0.39, 0.29) is 30.4 Å². The topological polar surface area (TPSA) is 99.8 Å². The van der Waals surface area contributed by atoms with Crippen molar-refractivity contribution in [3.63, 3.8) is 0 Å². The number of thiazole rings is 1. The van der Waals surface area contributed by atoms with Gasteiger partial charge in [-0.15, -0.1) is 11.3 Å². The molecule has 4 rings (SSSR count). The van der Waals surface area contributed by atoms with Gasteiger partial charge in [0.25, 0.3) is 5.69 Å². The first-order chi connectivity index (χ1) is 16.6. The van der Waals surface area contributed by atoms with Crippen molar-refractivity contribution in [2.24, 2.45) is 0 Å². The maximum absolute atomic E-state index is 14.1. The highest BCUT2D eigenvalue weighted by Gasteiger charge is 2.22. The van der Waals surface area contributed by atoms with Crippen LogP contribution < -0.4 is 15.2 Å². The summed E-state index contributed by atoms with van der Waals surface area (Å²) >= 11 is 1.52. The Bertz CT molecular complexity index is 1380. The molecule has 180 valence electrons. The number of anilines is 1. The van der Waals surface area contributed by atoms with Crippen LogP contribution in [0, 0.1) is 19.3 Å². The van der Waals surface area contributed by atoms with Crippen LogP contribution in [0.4, 0.5) is 15.9 Å². The SMILES string of the molecule is [C-]#[N+]c1c(-c2ccc(Oc3cc(F)cc(OCc4cnc(C)s4)c3)cc2)nn(CC(C)(C)O)c1N. The number of nitrogens with two attached hydrogens (primary N) is 1. The number of hydrogen-bond donors (Lipinski definition) is 2. The third kappa shape index (κ3) is 5.95. The van der Waals surface area contributed by atoms with E-state index in [0.717, 1.165) is 9.88 Å². The Hall–Kier alpha value is -3.94. The Morgan fingerprint density at radius 2 is 1.89 bits per heavy atom. The molecule has 0 unspecified atom stereocenters. The maximum Gasteiger partial charge on any atom is 0.254 e. The van der Waals surface area contributed by atoms with Crippen LogP contribution in [0.3, 0.4) is 0 Å². The third-order valence-electron chi connectivity index (χ3n) is 4.87. The number of halogens is 1. The quantitative estimate of drug-likeness (QED) is 0.304. The number of aryl methyl sites for hydroxylation is 1. The standard InChI is InChI=1S/C25H24FN5O3S/c1-15-29-12-21(35-15)13-33-19-9-17(26)10-20(11-19)34-18-7-5-16(6-8-18)22-23(28-4)24(27)31(30-22)14-25(2,3)32/h5-12,32H,13-14,27H2,1-3H3. The summed E-state index contributed by atoms with van der Waals surface area (Å²) in [7, 11) is 0. The Morgan fingerprint density at radius 1 is 1.17 bits per heavy atom. The van der Waals surface area contributed by atoms with Gasteiger partial charge >= 0.3 is 0 Å². The number of aromatic nitrogens is 3. The van der Waals surface area contributed by atoms with Gasteiger partial charge in [0.1, 0.15) is 41.2 Å². The molecule has 0 fully saturated rings. The Morgan fingerprint density at radius 3 is 2.51 bits per heavy atom. The van der Waals surface area contributed by atoms with Crippen molar-refractivity contribution in [3.05, 3.63) is 75.8 Å². The van der Waals surface area contributed by atoms with Crippen molar-refractivity contribution in [1.29, 1.82) is 0 Å². The van der Waals surface area contributed by atoms with E-state index in [2.05, 4.69) is 14.9 Å². The third-order valence-corrected chi connectivity index (χ3v) is 5.76. The predicted molar refractivity (Wildman–Crippen MR) is 132 cm³/mol. The molecule has 2 aromatic carbocycles. The van der Waals surface area contributed by atoms with Gasteiger partial charge in [-0.2, -0.15) is 5.10 Å². The lowest BCUT2D eigenvalue weighted by Crippen LogP contribution is -2.27. The molecule has 0 spiro atoms. The van der Waals surface area contributed by atoms with E-state index in [1.165, 1.54) is 28.2 Å². The highest BCUT2D eigenvalue weighted by Crippen LogP contribution is 2.37. The number of nitrogens with zero attached hydrogens (tertiary/aromatic N) is 4. The van der Waals surface area contributed by atoms with Gasteiger partial charge in [0.05, 0.1) is 28.6 Å². The molecule has 3 N–H and O–H groups in total. The van der Waals surface area contributed by atoms with E-state index in [1.807, 2.05) is 6.92 Å². The van der Waals surface area contributed by atoms with E-state index >= 15 is 0 Å². The average Bonchev–Trinajstić information content (AvgIpc) is 3.34. The molecule has 4 aromatic rings. The second-order valence-electron chi connectivity index (χ2n) is 8.55. The predicted octanol–water partition coefficient (Wildman–Crippen LogP) is 5.73. The van der Waals surface area contributed by atoms with Crippen LogP contribution in [-0.2, 0) is 13.2 Å². The van der Waals surface area contributed by atoms with Crippen LogP contribution in [0.5, 0.6) is 17.2 Å². The number of benzene rings is 2. The molecule has 0 bridgehead atoms. The second-order valence-corrected chi connectivity index (χ2v) is 9.87. The van der Waals surface area contributed by atoms with Crippen molar-refractivity contribution in [2.75, 3.05) is 5.73 Å². The summed E-state index contributed by atoms with van der Waals surface area (Å²) in [5.41, 5.74) is 6.33. The smallest absolute Gasteiger partial charge is 0.254 e. The van der Waals surface area contributed by atoms with E-state index in [1.54, 1.807) is 50.4 Å². The molecule has 2 aromatic heterocycles. The van der Waals surface area contributed by atoms with Crippen LogP contribution in [-0.4, -0.2) is 25.5 Å². The van der Waals surface area contributed by atoms with Gasteiger partial charge in [-0.3, -0.25) is 4.68 Å². The molecule has 0 saturated heterocycles. The molecule has 2 heterocycles. The highest BCUT2D eigenvalue weighted by atomic mass is 32.1. The molecule has 10 heteroatoms. The summed E-state index contributed by atoms with van der Waals surface area (Å²) in [5, 5.41) is 15.5. The summed E-state index contributed by atoms with van der Waals surface area (Å²) in [5.74, 6) is 0.810. The van der Waals surface area contributed by atoms with Crippen molar-refractivity contribution < 1.29 is 19.0 Å². The number of rotatable bonds is 8. The van der Waals surface area contributed by atoms with Crippen LogP contribution in [0.1, 0.15) is 23.7 Å². The molecule has 0 aliphatic heterocycles. The molecular weight excluding hydrogens is 469 g/mol. The first-order valence-corrected chi connectivity index (χ1v) is 11.5. The van der Waals surface area contributed by atoms with E-state index < -0.39 is 11.4 Å². The monoisotopic (exact) mass is 493 g/mol. The lowest BCUT2D eigenvalue weighted by molar-refractivity contribution is 0.0585. The summed E-state index contributed by atoms with van der Waals surface area (Å²) in [6.07, 6.45) is 1.74. The number of hydrogen-bond acceptors (Lipinski definition) is 7. The zero-order valence-electron chi connectivity index (χ0n) is 19.4. The summed E-state index contributed by atoms with van der Waals surface area (Å²) < 4.78 is 27.1. The second kappa shape index (κ2) is 9.74. The van der Waals surface area contributed by atoms with Crippen molar-refractivity contribution in [3.8, 4) is 28.5 Å². The van der Waals surface area contributed by atoms with Crippen LogP contribution in [0.2, 0.25) is 0 Å². The first-order valence-electron chi connectivity index (χ1n) is 10.7. The summed E-state index contributed by atoms with van der Waals surface area (Å²) in [6.45, 7) is 13.1. The van der Waals surface area contributed by atoms with Gasteiger partial charge < -0.3 is 20.3 Å². The van der Waals surface area contributed by atoms with Gasteiger partial charge in [-0.1, -0.05) is 12.1 Å². The van der Waals surface area contributed by atoms with Crippen LogP contribution >= 0.6 is 11.3 Å².